The van der Waals surface area contributed by atoms with E-state index < -0.39 is 18.0 Å². The molecule has 0 aliphatic heterocycles. The molecule has 8 heteroatoms. The van der Waals surface area contributed by atoms with E-state index in [1.54, 1.807) is 6.07 Å². The highest BCUT2D eigenvalue weighted by Gasteiger charge is 2.08. The van der Waals surface area contributed by atoms with Gasteiger partial charge in [0.25, 0.3) is 6.43 Å². The number of hydrogen-bond acceptors (Lipinski definition) is 5. The van der Waals surface area contributed by atoms with Crippen molar-refractivity contribution in [1.29, 1.82) is 0 Å². The van der Waals surface area contributed by atoms with E-state index in [0.29, 0.717) is 13.1 Å². The normalized spacial score (nSPS) is 11.0. The Morgan fingerprint density at radius 1 is 1.53 bits per heavy atom. The molecule has 1 rings (SSSR count). The minimum Gasteiger partial charge on any atom is -0.374 e. The molecule has 5 nitrogen and oxygen atoms in total. The van der Waals surface area contributed by atoms with Gasteiger partial charge >= 0.3 is 5.00 Å². The molecular formula is C9H12F2N2O3S. The Bertz CT molecular complexity index is 360. The van der Waals surface area contributed by atoms with Gasteiger partial charge in [-0.15, -0.1) is 0 Å². The molecule has 0 atom stereocenters. The zero-order chi connectivity index (χ0) is 12.7. The lowest BCUT2D eigenvalue weighted by Crippen LogP contribution is -2.20. The molecule has 0 aliphatic rings. The molecule has 0 saturated carbocycles. The molecule has 1 heterocycles. The van der Waals surface area contributed by atoms with Gasteiger partial charge in [-0.25, -0.2) is 8.78 Å². The molecule has 1 aromatic rings. The van der Waals surface area contributed by atoms with Gasteiger partial charge in [-0.05, 0) is 6.07 Å². The molecule has 0 bridgehead atoms. The Morgan fingerprint density at radius 3 is 2.88 bits per heavy atom. The van der Waals surface area contributed by atoms with Crippen LogP contribution in [0.3, 0.4) is 0 Å². The predicted molar refractivity (Wildman–Crippen MR) is 59.5 cm³/mol. The number of hydrogen-bond donors (Lipinski definition) is 1. The molecular weight excluding hydrogens is 254 g/mol. The van der Waals surface area contributed by atoms with E-state index in [1.165, 1.54) is 6.07 Å². The van der Waals surface area contributed by atoms with Crippen LogP contribution in [0.1, 0.15) is 4.88 Å². The van der Waals surface area contributed by atoms with E-state index in [2.05, 4.69) is 10.1 Å². The summed E-state index contributed by atoms with van der Waals surface area (Å²) in [5, 5.41) is 13.4. The fraction of sp³-hybridized carbons (Fsp3) is 0.556. The van der Waals surface area contributed by atoms with Gasteiger partial charge in [0.05, 0.1) is 11.5 Å². The van der Waals surface area contributed by atoms with Gasteiger partial charge in [-0.1, -0.05) is 11.3 Å². The van der Waals surface area contributed by atoms with Crippen molar-refractivity contribution in [2.24, 2.45) is 0 Å². The smallest absolute Gasteiger partial charge is 0.324 e. The summed E-state index contributed by atoms with van der Waals surface area (Å²) in [4.78, 5) is 10.8. The molecule has 96 valence electrons. The van der Waals surface area contributed by atoms with Crippen LogP contribution in [0.2, 0.25) is 0 Å². The molecule has 0 spiro atoms. The largest absolute Gasteiger partial charge is 0.374 e. The van der Waals surface area contributed by atoms with E-state index >= 15 is 0 Å². The van der Waals surface area contributed by atoms with Gasteiger partial charge in [-0.2, -0.15) is 0 Å². The molecule has 17 heavy (non-hydrogen) atoms. The van der Waals surface area contributed by atoms with Crippen LogP contribution in [0.15, 0.2) is 12.1 Å². The van der Waals surface area contributed by atoms with Crippen LogP contribution in [0.4, 0.5) is 13.8 Å². The Kier molecular flexibility index (Phi) is 5.95. The molecule has 0 fully saturated rings. The minimum atomic E-state index is -2.45. The first kappa shape index (κ1) is 13.9. The lowest BCUT2D eigenvalue weighted by molar-refractivity contribution is -0.380. The third-order valence-corrected chi connectivity index (χ3v) is 2.83. The summed E-state index contributed by atoms with van der Waals surface area (Å²) >= 11 is 1.09. The Labute approximate surface area is 101 Å². The second-order valence-corrected chi connectivity index (χ2v) is 4.29. The highest BCUT2D eigenvalue weighted by atomic mass is 32.1. The zero-order valence-corrected chi connectivity index (χ0v) is 9.71. The van der Waals surface area contributed by atoms with Crippen molar-refractivity contribution in [3.8, 4) is 0 Å². The number of nitrogens with one attached hydrogen (secondary N) is 1. The molecule has 0 unspecified atom stereocenters. The third-order valence-electron chi connectivity index (χ3n) is 1.79. The van der Waals surface area contributed by atoms with Crippen LogP contribution in [-0.4, -0.2) is 31.1 Å². The van der Waals surface area contributed by atoms with Crippen LogP contribution >= 0.6 is 11.3 Å². The summed E-state index contributed by atoms with van der Waals surface area (Å²) in [7, 11) is 0. The number of nitro groups is 1. The number of ether oxygens (including phenoxy) is 1. The minimum absolute atomic E-state index is 0.0933. The lowest BCUT2D eigenvalue weighted by atomic mass is 10.4. The van der Waals surface area contributed by atoms with Crippen molar-refractivity contribution in [2.75, 3.05) is 19.8 Å². The van der Waals surface area contributed by atoms with E-state index in [1.807, 2.05) is 0 Å². The number of nitrogens with zero attached hydrogens (tertiary/aromatic N) is 1. The Morgan fingerprint density at radius 2 is 2.29 bits per heavy atom. The summed E-state index contributed by atoms with van der Waals surface area (Å²) in [6.45, 7) is 0.527. The highest BCUT2D eigenvalue weighted by Crippen LogP contribution is 2.23. The summed E-state index contributed by atoms with van der Waals surface area (Å²) in [6.07, 6.45) is -2.45. The van der Waals surface area contributed by atoms with Crippen molar-refractivity contribution >= 4 is 16.3 Å². The average molecular weight is 266 g/mol. The summed E-state index contributed by atoms with van der Waals surface area (Å²) in [5.74, 6) is 0. The topological polar surface area (TPSA) is 64.4 Å². The van der Waals surface area contributed by atoms with Gasteiger partial charge in [-0.3, -0.25) is 10.1 Å². The molecule has 1 aromatic heterocycles. The molecule has 0 amide bonds. The SMILES string of the molecule is O=[N+]([O-])c1ccc(CNCCOCC(F)F)s1. The van der Waals surface area contributed by atoms with Crippen LogP contribution in [0, 0.1) is 10.1 Å². The first-order chi connectivity index (χ1) is 8.09. The summed E-state index contributed by atoms with van der Waals surface area (Å²) < 4.78 is 28.0. The van der Waals surface area contributed by atoms with E-state index in [-0.39, 0.29) is 11.6 Å². The molecule has 0 aliphatic carbocycles. The van der Waals surface area contributed by atoms with Crippen molar-refractivity contribution in [2.45, 2.75) is 13.0 Å². The maximum absolute atomic E-state index is 11.7. The maximum atomic E-state index is 11.7. The molecule has 1 N–H and O–H groups in total. The second kappa shape index (κ2) is 7.25. The van der Waals surface area contributed by atoms with Gasteiger partial charge in [0.15, 0.2) is 0 Å². The maximum Gasteiger partial charge on any atom is 0.324 e. The standard InChI is InChI=1S/C9H12F2N2O3S/c10-8(11)6-16-4-3-12-5-7-1-2-9(17-7)13(14)15/h1-2,8,12H,3-6H2. The van der Waals surface area contributed by atoms with Gasteiger partial charge in [0.2, 0.25) is 0 Å². The fourth-order valence-electron chi connectivity index (χ4n) is 1.09. The average Bonchev–Trinajstić information content (AvgIpc) is 2.71. The van der Waals surface area contributed by atoms with Crippen LogP contribution in [0.25, 0.3) is 0 Å². The van der Waals surface area contributed by atoms with Crippen LogP contribution < -0.4 is 5.32 Å². The van der Waals surface area contributed by atoms with E-state index in [4.69, 9.17) is 0 Å². The zero-order valence-electron chi connectivity index (χ0n) is 8.90. The predicted octanol–water partition coefficient (Wildman–Crippen LogP) is 2.03. The van der Waals surface area contributed by atoms with Crippen molar-refractivity contribution in [3.63, 3.8) is 0 Å². The Balaban J connectivity index is 2.11. The van der Waals surface area contributed by atoms with E-state index in [0.717, 1.165) is 16.2 Å². The molecule has 0 aromatic carbocycles. The number of halogens is 2. The number of thiophene rings is 1. The first-order valence-corrected chi connectivity index (χ1v) is 5.71. The van der Waals surface area contributed by atoms with Gasteiger partial charge < -0.3 is 10.1 Å². The van der Waals surface area contributed by atoms with Crippen LogP contribution in [-0.2, 0) is 11.3 Å². The second-order valence-electron chi connectivity index (χ2n) is 3.14. The van der Waals surface area contributed by atoms with E-state index in [9.17, 15) is 18.9 Å². The molecule has 0 saturated heterocycles. The van der Waals surface area contributed by atoms with Crippen molar-refractivity contribution < 1.29 is 18.4 Å². The summed E-state index contributed by atoms with van der Waals surface area (Å²) in [6, 6.07) is 3.10. The number of rotatable bonds is 8. The third kappa shape index (κ3) is 5.66. The highest BCUT2D eigenvalue weighted by molar-refractivity contribution is 7.15. The van der Waals surface area contributed by atoms with Crippen LogP contribution in [0.5, 0.6) is 0 Å². The van der Waals surface area contributed by atoms with Crippen molar-refractivity contribution in [3.05, 3.63) is 27.1 Å². The monoisotopic (exact) mass is 266 g/mol. The number of alkyl halides is 2. The first-order valence-electron chi connectivity index (χ1n) is 4.89. The Hall–Kier alpha value is -1.12. The lowest BCUT2D eigenvalue weighted by Gasteiger charge is -2.04. The molecule has 0 radical (unpaired) electrons. The van der Waals surface area contributed by atoms with Crippen molar-refractivity contribution in [1.82, 2.24) is 5.32 Å². The quantitative estimate of drug-likeness (QED) is 0.444. The van der Waals surface area contributed by atoms with Gasteiger partial charge in [0, 0.05) is 24.0 Å². The fourth-order valence-corrected chi connectivity index (χ4v) is 1.88. The summed E-state index contributed by atoms with van der Waals surface area (Å²) in [5.41, 5.74) is 0. The van der Waals surface area contributed by atoms with Gasteiger partial charge in [0.1, 0.15) is 6.61 Å².